The Bertz CT molecular complexity index is 1170. The molecule has 0 spiro atoms. The fourth-order valence-corrected chi connectivity index (χ4v) is 3.84. The standard InChI is InChI=1S/C22H19N3O2S/c1-3-17-13(2)25-22(27)20(24)19(17)21(26)15-7-4-6-14(10-15)11-16(12-23)18-8-5-9-28-18/h4-11H,3,24H2,1-2H3,(H,25,27)/b16-11+. The number of hydrogen-bond donors (Lipinski definition) is 2. The Hall–Kier alpha value is -3.43. The van der Waals surface area contributed by atoms with Crippen molar-refractivity contribution < 1.29 is 4.79 Å². The topological polar surface area (TPSA) is 99.7 Å². The Balaban J connectivity index is 2.08. The van der Waals surface area contributed by atoms with Gasteiger partial charge in [0, 0.05) is 16.1 Å². The van der Waals surface area contributed by atoms with Crippen LogP contribution >= 0.6 is 11.3 Å². The predicted octanol–water partition coefficient (Wildman–Crippen LogP) is 4.18. The lowest BCUT2D eigenvalue weighted by Gasteiger charge is -2.13. The largest absolute Gasteiger partial charge is 0.394 e. The maximum atomic E-state index is 13.2. The summed E-state index contributed by atoms with van der Waals surface area (Å²) in [6.45, 7) is 3.67. The van der Waals surface area contributed by atoms with Gasteiger partial charge in [-0.25, -0.2) is 0 Å². The highest BCUT2D eigenvalue weighted by molar-refractivity contribution is 7.11. The Morgan fingerprint density at radius 2 is 2.11 bits per heavy atom. The van der Waals surface area contributed by atoms with Crippen LogP contribution in [0.1, 0.15) is 44.5 Å². The number of aromatic amines is 1. The molecule has 0 amide bonds. The minimum atomic E-state index is -0.460. The number of allylic oxidation sites excluding steroid dienone is 1. The summed E-state index contributed by atoms with van der Waals surface area (Å²) >= 11 is 1.48. The monoisotopic (exact) mass is 389 g/mol. The number of rotatable bonds is 5. The third kappa shape index (κ3) is 3.66. The number of carbonyl (C=O) groups excluding carboxylic acids is 1. The summed E-state index contributed by atoms with van der Waals surface area (Å²) in [4.78, 5) is 28.8. The Labute approximate surface area is 166 Å². The molecule has 0 fully saturated rings. The zero-order chi connectivity index (χ0) is 20.3. The number of benzene rings is 1. The third-order valence-corrected chi connectivity index (χ3v) is 5.42. The highest BCUT2D eigenvalue weighted by Gasteiger charge is 2.20. The number of hydrogen-bond acceptors (Lipinski definition) is 5. The van der Waals surface area contributed by atoms with Gasteiger partial charge >= 0.3 is 0 Å². The van der Waals surface area contributed by atoms with Crippen LogP contribution in [0, 0.1) is 18.3 Å². The molecule has 1 aromatic carbocycles. The first-order valence-corrected chi connectivity index (χ1v) is 9.65. The summed E-state index contributed by atoms with van der Waals surface area (Å²) in [5.74, 6) is -0.298. The normalized spacial score (nSPS) is 11.2. The number of nitriles is 1. The second kappa shape index (κ2) is 8.07. The molecule has 0 radical (unpaired) electrons. The van der Waals surface area contributed by atoms with Gasteiger partial charge in [-0.2, -0.15) is 5.26 Å². The second-order valence-corrected chi connectivity index (χ2v) is 7.25. The highest BCUT2D eigenvalue weighted by Crippen LogP contribution is 2.24. The van der Waals surface area contributed by atoms with Gasteiger partial charge < -0.3 is 10.7 Å². The van der Waals surface area contributed by atoms with Crippen LogP contribution < -0.4 is 11.3 Å². The lowest BCUT2D eigenvalue weighted by atomic mass is 9.94. The summed E-state index contributed by atoms with van der Waals surface area (Å²) in [6.07, 6.45) is 2.32. The van der Waals surface area contributed by atoms with E-state index in [-0.39, 0.29) is 17.0 Å². The number of thiophene rings is 1. The van der Waals surface area contributed by atoms with Crippen LogP contribution in [0.2, 0.25) is 0 Å². The quantitative estimate of drug-likeness (QED) is 0.505. The number of H-pyrrole nitrogens is 1. The molecule has 140 valence electrons. The van der Waals surface area contributed by atoms with E-state index in [1.807, 2.05) is 30.5 Å². The molecule has 3 N–H and O–H groups in total. The van der Waals surface area contributed by atoms with Crippen molar-refractivity contribution in [2.24, 2.45) is 0 Å². The lowest BCUT2D eigenvalue weighted by molar-refractivity contribution is 0.103. The van der Waals surface area contributed by atoms with Crippen LogP contribution in [-0.4, -0.2) is 10.8 Å². The molecule has 0 bridgehead atoms. The molecule has 0 aliphatic heterocycles. The van der Waals surface area contributed by atoms with Gasteiger partial charge in [0.15, 0.2) is 5.78 Å². The first-order chi connectivity index (χ1) is 13.5. The molecule has 3 aromatic rings. The van der Waals surface area contributed by atoms with Crippen LogP contribution in [-0.2, 0) is 6.42 Å². The number of pyridine rings is 1. The molecule has 2 aromatic heterocycles. The molecule has 6 heteroatoms. The van der Waals surface area contributed by atoms with Crippen molar-refractivity contribution in [2.45, 2.75) is 20.3 Å². The zero-order valence-corrected chi connectivity index (χ0v) is 16.4. The Morgan fingerprint density at radius 1 is 1.32 bits per heavy atom. The number of nitrogens with one attached hydrogen (secondary N) is 1. The van der Waals surface area contributed by atoms with Crippen LogP contribution in [0.15, 0.2) is 46.6 Å². The minimum Gasteiger partial charge on any atom is -0.394 e. The Morgan fingerprint density at radius 3 is 2.75 bits per heavy atom. The third-order valence-electron chi connectivity index (χ3n) is 4.52. The van der Waals surface area contributed by atoms with Gasteiger partial charge in [-0.1, -0.05) is 31.2 Å². The van der Waals surface area contributed by atoms with E-state index >= 15 is 0 Å². The molecular weight excluding hydrogens is 370 g/mol. The van der Waals surface area contributed by atoms with Gasteiger partial charge in [0.2, 0.25) is 0 Å². The lowest BCUT2D eigenvalue weighted by Crippen LogP contribution is -2.22. The van der Waals surface area contributed by atoms with Gasteiger partial charge in [-0.05, 0) is 48.1 Å². The molecule has 2 heterocycles. The minimum absolute atomic E-state index is 0.0651. The van der Waals surface area contributed by atoms with E-state index in [0.29, 0.717) is 23.3 Å². The second-order valence-electron chi connectivity index (χ2n) is 6.30. The summed E-state index contributed by atoms with van der Waals surface area (Å²) < 4.78 is 0. The van der Waals surface area contributed by atoms with Crippen molar-refractivity contribution in [1.29, 1.82) is 5.26 Å². The van der Waals surface area contributed by atoms with E-state index in [4.69, 9.17) is 5.73 Å². The SMILES string of the molecule is CCc1c(C)[nH]c(=O)c(N)c1C(=O)c1cccc(/C=C(\C#N)c2cccs2)c1. The van der Waals surface area contributed by atoms with Gasteiger partial charge in [0.1, 0.15) is 11.8 Å². The van der Waals surface area contributed by atoms with Crippen molar-refractivity contribution in [3.8, 4) is 6.07 Å². The first-order valence-electron chi connectivity index (χ1n) is 8.78. The number of nitrogens with two attached hydrogens (primary N) is 1. The number of anilines is 1. The van der Waals surface area contributed by atoms with E-state index in [2.05, 4.69) is 11.1 Å². The van der Waals surface area contributed by atoms with Gasteiger partial charge in [-0.3, -0.25) is 9.59 Å². The van der Waals surface area contributed by atoms with Crippen LogP contribution in [0.4, 0.5) is 5.69 Å². The van der Waals surface area contributed by atoms with Crippen LogP contribution in [0.25, 0.3) is 11.6 Å². The van der Waals surface area contributed by atoms with E-state index in [9.17, 15) is 14.9 Å². The van der Waals surface area contributed by atoms with Gasteiger partial charge in [0.05, 0.1) is 11.1 Å². The molecule has 0 aliphatic rings. The number of aryl methyl sites for hydroxylation is 1. The molecule has 0 saturated heterocycles. The van der Waals surface area contributed by atoms with E-state index in [0.717, 1.165) is 16.0 Å². The fraction of sp³-hybridized carbons (Fsp3) is 0.136. The number of carbonyl (C=O) groups is 1. The molecule has 0 atom stereocenters. The smallest absolute Gasteiger partial charge is 0.272 e. The summed E-state index contributed by atoms with van der Waals surface area (Å²) in [5.41, 5.74) is 8.74. The average Bonchev–Trinajstić information content (AvgIpc) is 3.23. The van der Waals surface area contributed by atoms with Gasteiger partial charge in [0.25, 0.3) is 5.56 Å². The molecule has 0 aliphatic carbocycles. The van der Waals surface area contributed by atoms with Crippen LogP contribution in [0.5, 0.6) is 0 Å². The maximum absolute atomic E-state index is 13.2. The molecule has 5 nitrogen and oxygen atoms in total. The number of aromatic nitrogens is 1. The van der Waals surface area contributed by atoms with E-state index < -0.39 is 5.56 Å². The predicted molar refractivity (Wildman–Crippen MR) is 113 cm³/mol. The fourth-order valence-electron chi connectivity index (χ4n) is 3.15. The number of nitrogen functional groups attached to an aromatic ring is 1. The first kappa shape index (κ1) is 19.3. The van der Waals surface area contributed by atoms with Gasteiger partial charge in [-0.15, -0.1) is 11.3 Å². The van der Waals surface area contributed by atoms with Crippen molar-refractivity contribution in [3.05, 3.63) is 85.0 Å². The summed E-state index contributed by atoms with van der Waals surface area (Å²) in [5, 5.41) is 11.4. The molecule has 0 saturated carbocycles. The summed E-state index contributed by atoms with van der Waals surface area (Å²) in [6, 6.07) is 12.9. The average molecular weight is 389 g/mol. The number of nitrogens with zero attached hydrogens (tertiary/aromatic N) is 1. The van der Waals surface area contributed by atoms with Crippen molar-refractivity contribution in [3.63, 3.8) is 0 Å². The number of ketones is 1. The van der Waals surface area contributed by atoms with E-state index in [1.54, 1.807) is 31.2 Å². The maximum Gasteiger partial charge on any atom is 0.272 e. The molecule has 0 unspecified atom stereocenters. The van der Waals surface area contributed by atoms with Crippen molar-refractivity contribution in [2.75, 3.05) is 5.73 Å². The Kier molecular flexibility index (Phi) is 5.57. The molecule has 28 heavy (non-hydrogen) atoms. The molecule has 3 rings (SSSR count). The van der Waals surface area contributed by atoms with Crippen molar-refractivity contribution >= 4 is 34.5 Å². The van der Waals surface area contributed by atoms with Crippen LogP contribution in [0.3, 0.4) is 0 Å². The van der Waals surface area contributed by atoms with Crippen molar-refractivity contribution in [1.82, 2.24) is 4.98 Å². The zero-order valence-electron chi connectivity index (χ0n) is 15.6. The highest BCUT2D eigenvalue weighted by atomic mass is 32.1. The molecular formula is C22H19N3O2S. The van der Waals surface area contributed by atoms with E-state index in [1.165, 1.54) is 11.3 Å². The summed E-state index contributed by atoms with van der Waals surface area (Å²) in [7, 11) is 0.